The third kappa shape index (κ3) is 3.77. The smallest absolute Gasteiger partial charge is 0.281 e. The van der Waals surface area contributed by atoms with E-state index in [1.165, 1.54) is 11.3 Å². The van der Waals surface area contributed by atoms with Gasteiger partial charge in [-0.25, -0.2) is 10.1 Å². The van der Waals surface area contributed by atoms with E-state index >= 15 is 0 Å². The predicted octanol–water partition coefficient (Wildman–Crippen LogP) is 4.18. The van der Waals surface area contributed by atoms with Crippen molar-refractivity contribution in [1.29, 1.82) is 0 Å². The summed E-state index contributed by atoms with van der Waals surface area (Å²) in [7, 11) is 3.15. The molecule has 2 heterocycles. The summed E-state index contributed by atoms with van der Waals surface area (Å²) in [5.74, 6) is 0.956. The van der Waals surface area contributed by atoms with E-state index in [0.717, 1.165) is 27.2 Å². The van der Waals surface area contributed by atoms with Crippen LogP contribution in [0.4, 0.5) is 0 Å². The topological polar surface area (TPSA) is 77.7 Å². The molecule has 0 spiro atoms. The van der Waals surface area contributed by atoms with Gasteiger partial charge in [0.2, 0.25) is 0 Å². The molecule has 4 rings (SSSR count). The Balaban J connectivity index is 1.53. The summed E-state index contributed by atoms with van der Waals surface area (Å²) in [5, 5.41) is 9.62. The maximum absolute atomic E-state index is 12.6. The van der Waals surface area contributed by atoms with Crippen LogP contribution in [0, 0.1) is 6.92 Å². The number of hydrogen-bond donors (Lipinski definition) is 1. The molecule has 0 aliphatic rings. The van der Waals surface area contributed by atoms with Crippen molar-refractivity contribution in [2.24, 2.45) is 5.10 Å². The number of amides is 1. The lowest BCUT2D eigenvalue weighted by Gasteiger charge is -2.07. The first-order valence-electron chi connectivity index (χ1n) is 9.20. The Kier molecular flexibility index (Phi) is 5.49. The van der Waals surface area contributed by atoms with E-state index in [0.29, 0.717) is 16.4 Å². The normalized spacial score (nSPS) is 11.2. The number of ether oxygens (including phenoxy) is 2. The molecule has 4 aromatic rings. The highest BCUT2D eigenvalue weighted by Gasteiger charge is 2.16. The fraction of sp³-hybridized carbons (Fsp3) is 0.136. The SMILES string of the molecule is COc1ccc(C=NNC(=O)c2cc3c(C)nn(-c4ccccc4)c3s2)cc1OC. The van der Waals surface area contributed by atoms with Gasteiger partial charge in [0.25, 0.3) is 5.91 Å². The van der Waals surface area contributed by atoms with Crippen molar-refractivity contribution in [3.8, 4) is 17.2 Å². The van der Waals surface area contributed by atoms with E-state index in [1.54, 1.807) is 32.6 Å². The molecule has 1 N–H and O–H groups in total. The van der Waals surface area contributed by atoms with Gasteiger partial charge < -0.3 is 9.47 Å². The van der Waals surface area contributed by atoms with Crippen LogP contribution >= 0.6 is 11.3 Å². The summed E-state index contributed by atoms with van der Waals surface area (Å²) in [5.41, 5.74) is 5.19. The Morgan fingerprint density at radius 1 is 1.10 bits per heavy atom. The molecule has 8 heteroatoms. The fourth-order valence-corrected chi connectivity index (χ4v) is 4.13. The Morgan fingerprint density at radius 3 is 2.60 bits per heavy atom. The number of carbonyl (C=O) groups is 1. The molecule has 1 amide bonds. The molecule has 152 valence electrons. The van der Waals surface area contributed by atoms with Crippen LogP contribution in [0.15, 0.2) is 59.7 Å². The summed E-state index contributed by atoms with van der Waals surface area (Å²) in [6.45, 7) is 1.94. The minimum atomic E-state index is -0.271. The number of rotatable bonds is 6. The lowest BCUT2D eigenvalue weighted by atomic mass is 10.2. The maximum atomic E-state index is 12.6. The number of hydrazone groups is 1. The molecule has 0 aliphatic heterocycles. The average molecular weight is 420 g/mol. The monoisotopic (exact) mass is 420 g/mol. The van der Waals surface area contributed by atoms with Crippen molar-refractivity contribution < 1.29 is 14.3 Å². The van der Waals surface area contributed by atoms with Crippen LogP contribution in [0.25, 0.3) is 15.9 Å². The molecule has 0 fully saturated rings. The third-order valence-corrected chi connectivity index (χ3v) is 5.67. The summed E-state index contributed by atoms with van der Waals surface area (Å²) in [6.07, 6.45) is 1.56. The second kappa shape index (κ2) is 8.38. The molecule has 0 saturated carbocycles. The van der Waals surface area contributed by atoms with Gasteiger partial charge in [0.1, 0.15) is 4.83 Å². The minimum Gasteiger partial charge on any atom is -0.493 e. The van der Waals surface area contributed by atoms with Crippen molar-refractivity contribution in [2.45, 2.75) is 6.92 Å². The summed E-state index contributed by atoms with van der Waals surface area (Å²) in [6, 6.07) is 17.1. The van der Waals surface area contributed by atoms with Gasteiger partial charge in [-0.05, 0) is 48.9 Å². The molecule has 30 heavy (non-hydrogen) atoms. The molecule has 2 aromatic carbocycles. The maximum Gasteiger partial charge on any atom is 0.281 e. The molecular weight excluding hydrogens is 400 g/mol. The number of aryl methyl sites for hydroxylation is 1. The summed E-state index contributed by atoms with van der Waals surface area (Å²) >= 11 is 1.38. The van der Waals surface area contributed by atoms with Gasteiger partial charge in [0, 0.05) is 5.39 Å². The van der Waals surface area contributed by atoms with Crippen molar-refractivity contribution in [1.82, 2.24) is 15.2 Å². The number of para-hydroxylation sites is 1. The second-order valence-corrected chi connectivity index (χ2v) is 7.51. The lowest BCUT2D eigenvalue weighted by Crippen LogP contribution is -2.16. The van der Waals surface area contributed by atoms with Gasteiger partial charge in [0.15, 0.2) is 11.5 Å². The third-order valence-electron chi connectivity index (χ3n) is 4.56. The highest BCUT2D eigenvalue weighted by molar-refractivity contribution is 7.20. The van der Waals surface area contributed by atoms with Gasteiger partial charge in [0.05, 0.1) is 36.7 Å². The van der Waals surface area contributed by atoms with Crippen LogP contribution in [0.3, 0.4) is 0 Å². The number of aromatic nitrogens is 2. The standard InChI is InChI=1S/C22H20N4O3S/c1-14-17-12-20(30-22(17)26(25-14)16-7-5-4-6-8-16)21(27)24-23-13-15-9-10-18(28-2)19(11-15)29-3/h4-13H,1-3H3,(H,24,27). The molecule has 0 unspecified atom stereocenters. The van der Waals surface area contributed by atoms with Gasteiger partial charge in [-0.1, -0.05) is 18.2 Å². The van der Waals surface area contributed by atoms with Crippen LogP contribution in [-0.4, -0.2) is 36.1 Å². The zero-order valence-corrected chi connectivity index (χ0v) is 17.6. The van der Waals surface area contributed by atoms with Crippen LogP contribution < -0.4 is 14.9 Å². The number of thiophene rings is 1. The van der Waals surface area contributed by atoms with E-state index < -0.39 is 0 Å². The number of nitrogens with zero attached hydrogens (tertiary/aromatic N) is 3. The number of methoxy groups -OCH3 is 2. The number of nitrogens with one attached hydrogen (secondary N) is 1. The highest BCUT2D eigenvalue weighted by atomic mass is 32.1. The van der Waals surface area contributed by atoms with E-state index in [1.807, 2.05) is 54.1 Å². The molecule has 7 nitrogen and oxygen atoms in total. The first-order chi connectivity index (χ1) is 14.6. The van der Waals surface area contributed by atoms with Gasteiger partial charge in [-0.15, -0.1) is 11.3 Å². The predicted molar refractivity (Wildman–Crippen MR) is 118 cm³/mol. The second-order valence-electron chi connectivity index (χ2n) is 6.48. The van der Waals surface area contributed by atoms with E-state index in [2.05, 4.69) is 15.6 Å². The Bertz CT molecular complexity index is 1230. The highest BCUT2D eigenvalue weighted by Crippen LogP contribution is 2.30. The van der Waals surface area contributed by atoms with E-state index in [9.17, 15) is 4.79 Å². The van der Waals surface area contributed by atoms with Gasteiger partial charge in [-0.3, -0.25) is 4.79 Å². The first-order valence-corrected chi connectivity index (χ1v) is 10.0. The van der Waals surface area contributed by atoms with E-state index in [-0.39, 0.29) is 5.91 Å². The molecular formula is C22H20N4O3S. The number of fused-ring (bicyclic) bond motifs is 1. The van der Waals surface area contributed by atoms with Crippen LogP contribution in [0.5, 0.6) is 11.5 Å². The quantitative estimate of drug-likeness (QED) is 0.375. The molecule has 0 bridgehead atoms. The Morgan fingerprint density at radius 2 is 1.87 bits per heavy atom. The number of hydrogen-bond acceptors (Lipinski definition) is 6. The van der Waals surface area contributed by atoms with Crippen molar-refractivity contribution >= 4 is 33.7 Å². The Labute approximate surface area is 177 Å². The average Bonchev–Trinajstić information content (AvgIpc) is 3.35. The molecule has 2 aromatic heterocycles. The minimum absolute atomic E-state index is 0.271. The van der Waals surface area contributed by atoms with Gasteiger partial charge >= 0.3 is 0 Å². The fourth-order valence-electron chi connectivity index (χ4n) is 3.06. The summed E-state index contributed by atoms with van der Waals surface area (Å²) < 4.78 is 12.4. The number of benzene rings is 2. The first kappa shape index (κ1) is 19.7. The molecule has 0 atom stereocenters. The van der Waals surface area contributed by atoms with Gasteiger partial charge in [-0.2, -0.15) is 10.2 Å². The van der Waals surface area contributed by atoms with Crippen molar-refractivity contribution in [2.75, 3.05) is 14.2 Å². The largest absolute Gasteiger partial charge is 0.493 e. The van der Waals surface area contributed by atoms with Crippen molar-refractivity contribution in [3.63, 3.8) is 0 Å². The van der Waals surface area contributed by atoms with Crippen LogP contribution in [-0.2, 0) is 0 Å². The Hall–Kier alpha value is -3.65. The molecule has 0 saturated heterocycles. The van der Waals surface area contributed by atoms with E-state index in [4.69, 9.17) is 9.47 Å². The van der Waals surface area contributed by atoms with Crippen LogP contribution in [0.1, 0.15) is 20.9 Å². The molecule has 0 aliphatic carbocycles. The zero-order chi connectivity index (χ0) is 21.1. The zero-order valence-electron chi connectivity index (χ0n) is 16.7. The van der Waals surface area contributed by atoms with Crippen molar-refractivity contribution in [3.05, 3.63) is 70.7 Å². The number of carbonyl (C=O) groups excluding carboxylic acids is 1. The summed E-state index contributed by atoms with van der Waals surface area (Å²) in [4.78, 5) is 14.1. The van der Waals surface area contributed by atoms with Crippen LogP contribution in [0.2, 0.25) is 0 Å². The lowest BCUT2D eigenvalue weighted by molar-refractivity contribution is 0.0959. The molecule has 0 radical (unpaired) electrons.